The van der Waals surface area contributed by atoms with Crippen LogP contribution in [0.4, 0.5) is 30.2 Å². The van der Waals surface area contributed by atoms with Gasteiger partial charge in [-0.15, -0.1) is 22.7 Å². The molecule has 3 N–H and O–H groups in total. The number of nitrogens with two attached hydrogens (primary N) is 1. The van der Waals surface area contributed by atoms with Crippen LogP contribution in [0.5, 0.6) is 0 Å². The third kappa shape index (κ3) is 5.36. The minimum Gasteiger partial charge on any atom is -0.397 e. The molecule has 3 aromatic heterocycles. The van der Waals surface area contributed by atoms with E-state index in [9.17, 15) is 13.2 Å². The molecule has 0 unspecified atom stereocenters. The topological polar surface area (TPSA) is 66.0 Å². The van der Waals surface area contributed by atoms with Crippen molar-refractivity contribution in [2.45, 2.75) is 6.18 Å². The molecule has 8 rings (SSSR count). The lowest BCUT2D eigenvalue weighted by Gasteiger charge is -2.26. The standard InChI is InChI=1S/C39H25F3N4S2/c40-39(41,42)38(44)22-32(43)33-19-24(17-18-45-33)23-9-11-25(12-10-23)46(26-14-16-36-31(20-26)29-6-2-4-8-35(29)47-36)27-13-15-30-28-5-1-3-7-34(28)48-37(30)21-27/h1-22,44H,43H2/b32-22-,44-38?. The summed E-state index contributed by atoms with van der Waals surface area (Å²) in [5.41, 5.74) is 8.91. The Bertz CT molecular complexity index is 2550. The number of alkyl halides is 3. The van der Waals surface area contributed by atoms with Gasteiger partial charge in [-0.2, -0.15) is 13.2 Å². The monoisotopic (exact) mass is 670 g/mol. The molecule has 0 radical (unpaired) electrons. The van der Waals surface area contributed by atoms with Gasteiger partial charge in [-0.3, -0.25) is 10.4 Å². The molecule has 0 saturated carbocycles. The average Bonchev–Trinajstić information content (AvgIpc) is 3.66. The van der Waals surface area contributed by atoms with Gasteiger partial charge in [0.1, 0.15) is 5.71 Å². The molecule has 4 nitrogen and oxygen atoms in total. The number of nitrogens with zero attached hydrogens (tertiary/aromatic N) is 2. The first kappa shape index (κ1) is 29.9. The largest absolute Gasteiger partial charge is 0.432 e. The summed E-state index contributed by atoms with van der Waals surface area (Å²) < 4.78 is 43.7. The highest BCUT2D eigenvalue weighted by Crippen LogP contribution is 2.43. The molecule has 0 spiro atoms. The van der Waals surface area contributed by atoms with Crippen LogP contribution >= 0.6 is 22.7 Å². The Labute approximate surface area is 281 Å². The van der Waals surface area contributed by atoms with E-state index in [1.54, 1.807) is 34.8 Å². The number of anilines is 3. The molecule has 0 aliphatic heterocycles. The second kappa shape index (κ2) is 11.6. The zero-order valence-corrected chi connectivity index (χ0v) is 26.8. The van der Waals surface area contributed by atoms with Crippen LogP contribution in [0.1, 0.15) is 5.69 Å². The Hall–Kier alpha value is -5.51. The summed E-state index contributed by atoms with van der Waals surface area (Å²) in [5, 5.41) is 12.2. The quantitative estimate of drug-likeness (QED) is 0.173. The van der Waals surface area contributed by atoms with Crippen molar-refractivity contribution in [3.63, 3.8) is 0 Å². The molecular formula is C39H25F3N4S2. The number of halogens is 3. The maximum atomic E-state index is 12.9. The second-order valence-corrected chi connectivity index (χ2v) is 13.5. The maximum absolute atomic E-state index is 12.9. The third-order valence-electron chi connectivity index (χ3n) is 8.36. The van der Waals surface area contributed by atoms with E-state index in [0.717, 1.165) is 28.2 Å². The summed E-state index contributed by atoms with van der Waals surface area (Å²) in [6.07, 6.45) is -2.69. The Morgan fingerprint density at radius 2 is 1.21 bits per heavy atom. The minimum atomic E-state index is -4.79. The lowest BCUT2D eigenvalue weighted by molar-refractivity contribution is -0.0583. The molecule has 0 atom stereocenters. The Kier molecular flexibility index (Phi) is 7.23. The first-order valence-corrected chi connectivity index (χ1v) is 16.7. The summed E-state index contributed by atoms with van der Waals surface area (Å²) in [5.74, 6) is 0. The van der Waals surface area contributed by atoms with Gasteiger partial charge >= 0.3 is 6.18 Å². The molecule has 0 bridgehead atoms. The van der Waals surface area contributed by atoms with Crippen molar-refractivity contribution >= 4 is 91.5 Å². The first-order chi connectivity index (χ1) is 23.2. The van der Waals surface area contributed by atoms with Gasteiger partial charge in [0, 0.05) is 63.6 Å². The van der Waals surface area contributed by atoms with Crippen LogP contribution in [-0.4, -0.2) is 16.9 Å². The summed E-state index contributed by atoms with van der Waals surface area (Å²) >= 11 is 3.56. The zero-order valence-electron chi connectivity index (χ0n) is 25.1. The van der Waals surface area contributed by atoms with E-state index < -0.39 is 11.9 Å². The number of rotatable bonds is 6. The lowest BCUT2D eigenvalue weighted by atomic mass is 10.0. The number of aromatic nitrogens is 1. The van der Waals surface area contributed by atoms with E-state index in [1.165, 1.54) is 46.5 Å². The second-order valence-electron chi connectivity index (χ2n) is 11.4. The van der Waals surface area contributed by atoms with E-state index in [1.807, 2.05) is 24.3 Å². The fourth-order valence-corrected chi connectivity index (χ4v) is 8.26. The van der Waals surface area contributed by atoms with Gasteiger partial charge in [-0.25, -0.2) is 0 Å². The molecule has 0 amide bonds. The van der Waals surface area contributed by atoms with Gasteiger partial charge in [0.25, 0.3) is 0 Å². The summed E-state index contributed by atoms with van der Waals surface area (Å²) in [6, 6.07) is 41.5. The van der Waals surface area contributed by atoms with Gasteiger partial charge in [0.15, 0.2) is 0 Å². The van der Waals surface area contributed by atoms with Crippen molar-refractivity contribution in [2.24, 2.45) is 5.73 Å². The molecule has 8 aromatic rings. The van der Waals surface area contributed by atoms with E-state index in [0.29, 0.717) is 6.08 Å². The number of hydrogen-bond donors (Lipinski definition) is 2. The zero-order chi connectivity index (χ0) is 33.0. The molecule has 0 fully saturated rings. The van der Waals surface area contributed by atoms with E-state index in [4.69, 9.17) is 11.1 Å². The van der Waals surface area contributed by atoms with Crippen LogP contribution in [0.3, 0.4) is 0 Å². The van der Waals surface area contributed by atoms with Gasteiger partial charge < -0.3 is 10.6 Å². The Morgan fingerprint density at radius 1 is 0.625 bits per heavy atom. The van der Waals surface area contributed by atoms with Crippen molar-refractivity contribution in [1.29, 1.82) is 5.41 Å². The van der Waals surface area contributed by atoms with Crippen LogP contribution in [0, 0.1) is 5.41 Å². The van der Waals surface area contributed by atoms with E-state index in [-0.39, 0.29) is 11.4 Å². The van der Waals surface area contributed by atoms with Gasteiger partial charge in [0.05, 0.1) is 11.4 Å². The number of allylic oxidation sites excluding steroid dienone is 1. The maximum Gasteiger partial charge on any atom is 0.432 e. The van der Waals surface area contributed by atoms with Crippen LogP contribution in [0.25, 0.3) is 57.2 Å². The van der Waals surface area contributed by atoms with Crippen molar-refractivity contribution in [2.75, 3.05) is 4.90 Å². The highest BCUT2D eigenvalue weighted by Gasteiger charge is 2.33. The average molecular weight is 671 g/mol. The Balaban J connectivity index is 1.22. The van der Waals surface area contributed by atoms with Gasteiger partial charge in [-0.05, 0) is 83.9 Å². The third-order valence-corrected chi connectivity index (χ3v) is 10.6. The van der Waals surface area contributed by atoms with Crippen molar-refractivity contribution in [3.8, 4) is 11.1 Å². The van der Waals surface area contributed by atoms with Crippen LogP contribution in [0.2, 0.25) is 0 Å². The number of benzene rings is 5. The van der Waals surface area contributed by atoms with Gasteiger partial charge in [-0.1, -0.05) is 54.6 Å². The fourth-order valence-electron chi connectivity index (χ4n) is 6.04. The molecule has 0 saturated heterocycles. The smallest absolute Gasteiger partial charge is 0.397 e. The van der Waals surface area contributed by atoms with Crippen molar-refractivity contribution in [1.82, 2.24) is 4.98 Å². The molecule has 0 aliphatic rings. The normalized spacial score (nSPS) is 12.4. The molecule has 234 valence electrons. The lowest BCUT2D eigenvalue weighted by Crippen LogP contribution is -2.20. The number of hydrogen-bond acceptors (Lipinski definition) is 6. The van der Waals surface area contributed by atoms with Crippen LogP contribution < -0.4 is 10.6 Å². The molecule has 0 aliphatic carbocycles. The number of pyridine rings is 1. The van der Waals surface area contributed by atoms with E-state index in [2.05, 4.69) is 94.8 Å². The van der Waals surface area contributed by atoms with Crippen LogP contribution in [0.15, 0.2) is 134 Å². The molecule has 5 aromatic carbocycles. The SMILES string of the molecule is N=C(/C=C(\N)c1cc(-c2ccc(N(c3ccc4c(c3)sc3ccccc34)c3ccc4sc5ccccc5c4c3)cc2)ccn1)C(F)(F)F. The van der Waals surface area contributed by atoms with E-state index >= 15 is 0 Å². The summed E-state index contributed by atoms with van der Waals surface area (Å²) in [4.78, 5) is 6.39. The van der Waals surface area contributed by atoms with Crippen molar-refractivity contribution in [3.05, 3.63) is 139 Å². The van der Waals surface area contributed by atoms with Crippen molar-refractivity contribution < 1.29 is 13.2 Å². The number of nitrogens with one attached hydrogen (secondary N) is 1. The van der Waals surface area contributed by atoms with Crippen LogP contribution in [-0.2, 0) is 0 Å². The number of fused-ring (bicyclic) bond motifs is 6. The number of thiophene rings is 2. The minimum absolute atomic E-state index is 0.167. The predicted molar refractivity (Wildman–Crippen MR) is 196 cm³/mol. The molecule has 3 heterocycles. The highest BCUT2D eigenvalue weighted by molar-refractivity contribution is 7.26. The molecule has 48 heavy (non-hydrogen) atoms. The summed E-state index contributed by atoms with van der Waals surface area (Å²) in [7, 11) is 0. The molecule has 9 heteroatoms. The summed E-state index contributed by atoms with van der Waals surface area (Å²) in [6.45, 7) is 0. The Morgan fingerprint density at radius 3 is 1.94 bits per heavy atom. The van der Waals surface area contributed by atoms with Gasteiger partial charge in [0.2, 0.25) is 0 Å². The first-order valence-electron chi connectivity index (χ1n) is 15.1. The fraction of sp³-hybridized carbons (Fsp3) is 0.0256. The predicted octanol–water partition coefficient (Wildman–Crippen LogP) is 11.8. The highest BCUT2D eigenvalue weighted by atomic mass is 32.1. The molecular weight excluding hydrogens is 646 g/mol.